The fraction of sp³-hybridized carbons (Fsp3) is 0.647. The monoisotopic (exact) mass is 264 g/mol. The van der Waals surface area contributed by atoms with E-state index in [0.29, 0.717) is 5.92 Å². The quantitative estimate of drug-likeness (QED) is 0.666. The van der Waals surface area contributed by atoms with Gasteiger partial charge in [-0.2, -0.15) is 11.8 Å². The van der Waals surface area contributed by atoms with Gasteiger partial charge >= 0.3 is 0 Å². The molecule has 0 amide bonds. The average Bonchev–Trinajstić information content (AvgIpc) is 2.29. The lowest BCUT2D eigenvalue weighted by Crippen LogP contribution is -2.24. The second kappa shape index (κ2) is 5.69. The van der Waals surface area contributed by atoms with Crippen molar-refractivity contribution in [3.63, 3.8) is 0 Å². The predicted molar refractivity (Wildman–Crippen MR) is 85.5 cm³/mol. The standard InChI is InChI=1S/C17H28S/c1-8-18-17(6,7)15-11-9-14(10-12-15)16(4,5)13(2)3/h9-13H,8H2,1-7H3. The zero-order valence-corrected chi connectivity index (χ0v) is 13.8. The van der Waals surface area contributed by atoms with Crippen molar-refractivity contribution in [1.29, 1.82) is 0 Å². The molecule has 1 aromatic rings. The molecule has 0 saturated carbocycles. The Morgan fingerprint density at radius 2 is 1.39 bits per heavy atom. The van der Waals surface area contributed by atoms with Gasteiger partial charge in [0.2, 0.25) is 0 Å². The molecule has 0 saturated heterocycles. The fourth-order valence-corrected chi connectivity index (χ4v) is 3.10. The molecule has 18 heavy (non-hydrogen) atoms. The molecule has 0 aliphatic rings. The van der Waals surface area contributed by atoms with E-state index >= 15 is 0 Å². The second-order valence-electron chi connectivity index (χ2n) is 6.40. The molecule has 0 atom stereocenters. The van der Waals surface area contributed by atoms with Gasteiger partial charge in [0.1, 0.15) is 0 Å². The number of hydrogen-bond acceptors (Lipinski definition) is 1. The van der Waals surface area contributed by atoms with Gasteiger partial charge in [-0.3, -0.25) is 0 Å². The summed E-state index contributed by atoms with van der Waals surface area (Å²) in [6.07, 6.45) is 0. The smallest absolute Gasteiger partial charge is 0.0352 e. The number of thioether (sulfide) groups is 1. The third kappa shape index (κ3) is 3.32. The maximum atomic E-state index is 2.33. The molecule has 0 spiro atoms. The Balaban J connectivity index is 3.00. The van der Waals surface area contributed by atoms with Crippen LogP contribution in [0.5, 0.6) is 0 Å². The molecular formula is C17H28S. The summed E-state index contributed by atoms with van der Waals surface area (Å²) in [5.41, 5.74) is 3.12. The normalized spacial score (nSPS) is 13.1. The molecule has 0 bridgehead atoms. The van der Waals surface area contributed by atoms with E-state index in [1.165, 1.54) is 11.1 Å². The first-order valence-electron chi connectivity index (χ1n) is 6.96. The van der Waals surface area contributed by atoms with Gasteiger partial charge in [-0.25, -0.2) is 0 Å². The molecule has 0 N–H and O–H groups in total. The Kier molecular flexibility index (Phi) is 4.94. The topological polar surface area (TPSA) is 0 Å². The van der Waals surface area contributed by atoms with Crippen LogP contribution in [0.1, 0.15) is 59.6 Å². The van der Waals surface area contributed by atoms with Crippen LogP contribution >= 0.6 is 11.8 Å². The highest BCUT2D eigenvalue weighted by atomic mass is 32.2. The highest BCUT2D eigenvalue weighted by Crippen LogP contribution is 2.37. The van der Waals surface area contributed by atoms with E-state index in [2.05, 4.69) is 72.7 Å². The van der Waals surface area contributed by atoms with Crippen molar-refractivity contribution < 1.29 is 0 Å². The largest absolute Gasteiger partial charge is 0.151 e. The van der Waals surface area contributed by atoms with Crippen molar-refractivity contribution in [1.82, 2.24) is 0 Å². The summed E-state index contributed by atoms with van der Waals surface area (Å²) in [6.45, 7) is 16.1. The SMILES string of the molecule is CCSC(C)(C)c1ccc(C(C)(C)C(C)C)cc1. The van der Waals surface area contributed by atoms with Gasteiger partial charge in [0.25, 0.3) is 0 Å². The number of benzene rings is 1. The van der Waals surface area contributed by atoms with Crippen LogP contribution in [0.2, 0.25) is 0 Å². The average molecular weight is 264 g/mol. The van der Waals surface area contributed by atoms with Gasteiger partial charge < -0.3 is 0 Å². The Hall–Kier alpha value is -0.430. The van der Waals surface area contributed by atoms with E-state index in [0.717, 1.165) is 5.75 Å². The first-order chi connectivity index (χ1) is 8.21. The zero-order valence-electron chi connectivity index (χ0n) is 13.0. The van der Waals surface area contributed by atoms with E-state index in [-0.39, 0.29) is 10.2 Å². The molecule has 0 fully saturated rings. The second-order valence-corrected chi connectivity index (χ2v) is 8.28. The molecule has 0 aromatic heterocycles. The van der Waals surface area contributed by atoms with Crippen LogP contribution < -0.4 is 0 Å². The maximum Gasteiger partial charge on any atom is 0.0352 e. The van der Waals surface area contributed by atoms with Crippen molar-refractivity contribution in [3.05, 3.63) is 35.4 Å². The summed E-state index contributed by atoms with van der Waals surface area (Å²) in [5, 5.41) is 0. The minimum Gasteiger partial charge on any atom is -0.151 e. The molecule has 0 unspecified atom stereocenters. The molecule has 102 valence electrons. The Labute approximate surface area is 118 Å². The molecule has 0 radical (unpaired) electrons. The van der Waals surface area contributed by atoms with Crippen LogP contribution in [-0.4, -0.2) is 5.75 Å². The summed E-state index contributed by atoms with van der Waals surface area (Å²) in [6, 6.07) is 9.24. The summed E-state index contributed by atoms with van der Waals surface area (Å²) in [7, 11) is 0. The highest BCUT2D eigenvalue weighted by Gasteiger charge is 2.26. The number of hydrogen-bond donors (Lipinski definition) is 0. The molecule has 0 heterocycles. The molecule has 1 aromatic carbocycles. The van der Waals surface area contributed by atoms with Gasteiger partial charge in [-0.1, -0.05) is 58.9 Å². The Morgan fingerprint density at radius 1 is 0.944 bits per heavy atom. The van der Waals surface area contributed by atoms with E-state index in [1.54, 1.807) is 0 Å². The summed E-state index contributed by atoms with van der Waals surface area (Å²) in [4.78, 5) is 0. The number of rotatable bonds is 5. The van der Waals surface area contributed by atoms with Gasteiger partial charge in [-0.05, 0) is 42.1 Å². The van der Waals surface area contributed by atoms with Crippen molar-refractivity contribution >= 4 is 11.8 Å². The third-order valence-corrected chi connectivity index (χ3v) is 5.52. The third-order valence-electron chi connectivity index (χ3n) is 4.27. The van der Waals surface area contributed by atoms with Gasteiger partial charge in [0, 0.05) is 4.75 Å². The van der Waals surface area contributed by atoms with Gasteiger partial charge in [0.15, 0.2) is 0 Å². The molecule has 0 aliphatic heterocycles. The Bertz CT molecular complexity index is 371. The van der Waals surface area contributed by atoms with Crippen LogP contribution in [0, 0.1) is 5.92 Å². The van der Waals surface area contributed by atoms with E-state index in [9.17, 15) is 0 Å². The summed E-state index contributed by atoms with van der Waals surface area (Å²) < 4.78 is 0.218. The highest BCUT2D eigenvalue weighted by molar-refractivity contribution is 8.00. The van der Waals surface area contributed by atoms with E-state index in [4.69, 9.17) is 0 Å². The van der Waals surface area contributed by atoms with Crippen molar-refractivity contribution in [2.75, 3.05) is 5.75 Å². The fourth-order valence-electron chi connectivity index (χ4n) is 2.08. The van der Waals surface area contributed by atoms with Crippen LogP contribution in [0.25, 0.3) is 0 Å². The lowest BCUT2D eigenvalue weighted by molar-refractivity contribution is 0.372. The lowest BCUT2D eigenvalue weighted by atomic mass is 9.75. The lowest BCUT2D eigenvalue weighted by Gasteiger charge is -2.31. The molecule has 1 rings (SSSR count). The van der Waals surface area contributed by atoms with Crippen molar-refractivity contribution in [2.45, 2.75) is 58.6 Å². The minimum atomic E-state index is 0.218. The van der Waals surface area contributed by atoms with E-state index in [1.807, 2.05) is 11.8 Å². The molecule has 1 heteroatoms. The summed E-state index contributed by atoms with van der Waals surface area (Å²) >= 11 is 2.01. The van der Waals surface area contributed by atoms with Crippen LogP contribution in [0.4, 0.5) is 0 Å². The van der Waals surface area contributed by atoms with E-state index < -0.39 is 0 Å². The van der Waals surface area contributed by atoms with Crippen LogP contribution in [0.3, 0.4) is 0 Å². The van der Waals surface area contributed by atoms with Crippen molar-refractivity contribution in [2.24, 2.45) is 5.92 Å². The van der Waals surface area contributed by atoms with Crippen LogP contribution in [0.15, 0.2) is 24.3 Å². The zero-order chi connectivity index (χ0) is 14.0. The Morgan fingerprint density at radius 3 is 1.78 bits per heavy atom. The first kappa shape index (κ1) is 15.6. The van der Waals surface area contributed by atoms with Crippen LogP contribution in [-0.2, 0) is 10.2 Å². The van der Waals surface area contributed by atoms with Crippen molar-refractivity contribution in [3.8, 4) is 0 Å². The molecule has 0 aliphatic carbocycles. The molecule has 0 nitrogen and oxygen atoms in total. The minimum absolute atomic E-state index is 0.218. The van der Waals surface area contributed by atoms with Gasteiger partial charge in [0.05, 0.1) is 0 Å². The van der Waals surface area contributed by atoms with Gasteiger partial charge in [-0.15, -0.1) is 0 Å². The predicted octanol–water partition coefficient (Wildman–Crippen LogP) is 5.61. The first-order valence-corrected chi connectivity index (χ1v) is 7.95. The summed E-state index contributed by atoms with van der Waals surface area (Å²) in [5.74, 6) is 1.81. The maximum absolute atomic E-state index is 2.33. The molecular weight excluding hydrogens is 236 g/mol.